The highest BCUT2D eigenvalue weighted by Gasteiger charge is 2.30. The lowest BCUT2D eigenvalue weighted by Gasteiger charge is -2.24. The molecule has 3 aliphatic rings. The van der Waals surface area contributed by atoms with Gasteiger partial charge in [-0.2, -0.15) is 0 Å². The van der Waals surface area contributed by atoms with Gasteiger partial charge in [0.2, 0.25) is 27.2 Å². The summed E-state index contributed by atoms with van der Waals surface area (Å²) in [5.74, 6) is -0.633. The molecule has 1 aliphatic carbocycles. The van der Waals surface area contributed by atoms with E-state index in [0.29, 0.717) is 88.6 Å². The molecule has 1 unspecified atom stereocenters. The summed E-state index contributed by atoms with van der Waals surface area (Å²) in [4.78, 5) is 56.6. The molecular formula is C72H80N10O13S2. The Balaban J connectivity index is 0.627. The van der Waals surface area contributed by atoms with Crippen LogP contribution in [0.15, 0.2) is 178 Å². The minimum Gasteiger partial charge on any atom is -0.744 e. The lowest BCUT2D eigenvalue weighted by molar-refractivity contribution is -0.127. The van der Waals surface area contributed by atoms with Crippen molar-refractivity contribution >= 4 is 71.8 Å². The molecule has 0 saturated carbocycles. The van der Waals surface area contributed by atoms with Crippen molar-refractivity contribution in [2.75, 3.05) is 94.0 Å². The fourth-order valence-corrected chi connectivity index (χ4v) is 13.7. The van der Waals surface area contributed by atoms with E-state index in [-0.39, 0.29) is 94.2 Å². The second-order valence-electron chi connectivity index (χ2n) is 23.0. The first-order valence-corrected chi connectivity index (χ1v) is 35.4. The number of nitrogens with zero attached hydrogens (tertiary/aromatic N) is 6. The van der Waals surface area contributed by atoms with Crippen molar-refractivity contribution in [2.24, 2.45) is 0 Å². The highest BCUT2D eigenvalue weighted by Crippen LogP contribution is 2.44. The summed E-state index contributed by atoms with van der Waals surface area (Å²) in [6.07, 6.45) is 2.76. The van der Waals surface area contributed by atoms with Crippen LogP contribution in [0.5, 0.6) is 0 Å². The summed E-state index contributed by atoms with van der Waals surface area (Å²) in [5, 5.41) is 18.6. The van der Waals surface area contributed by atoms with Crippen LogP contribution in [-0.4, -0.2) is 139 Å². The molecule has 0 fully saturated rings. The van der Waals surface area contributed by atoms with Crippen LogP contribution in [0.1, 0.15) is 91.4 Å². The summed E-state index contributed by atoms with van der Waals surface area (Å²) >= 11 is 0. The van der Waals surface area contributed by atoms with E-state index in [4.69, 9.17) is 18.6 Å². The van der Waals surface area contributed by atoms with E-state index in [1.807, 2.05) is 137 Å². The van der Waals surface area contributed by atoms with Gasteiger partial charge in [0.05, 0.1) is 80.8 Å². The van der Waals surface area contributed by atoms with Crippen molar-refractivity contribution in [3.63, 3.8) is 0 Å². The fraction of sp³-hybridized carbons (Fsp3) is 0.319. The molecule has 2 aliphatic heterocycles. The van der Waals surface area contributed by atoms with E-state index in [1.54, 1.807) is 46.1 Å². The molecule has 4 N–H and O–H groups in total. The van der Waals surface area contributed by atoms with Crippen molar-refractivity contribution < 1.29 is 59.2 Å². The zero-order chi connectivity index (χ0) is 68.5. The Bertz CT molecular complexity index is 4520. The number of para-hydroxylation sites is 1. The van der Waals surface area contributed by atoms with Crippen molar-refractivity contribution in [1.82, 2.24) is 34.9 Å². The van der Waals surface area contributed by atoms with Crippen molar-refractivity contribution in [3.05, 3.63) is 192 Å². The molecule has 10 rings (SSSR count). The predicted molar refractivity (Wildman–Crippen MR) is 369 cm³/mol. The smallest absolute Gasteiger partial charge is 0.258 e. The van der Waals surface area contributed by atoms with Crippen LogP contribution < -0.4 is 40.4 Å². The van der Waals surface area contributed by atoms with Crippen molar-refractivity contribution in [2.45, 2.75) is 82.3 Å². The molecule has 6 aromatic carbocycles. The number of aromatic nitrogens is 3. The maximum atomic E-state index is 14.3. The van der Waals surface area contributed by atoms with Crippen LogP contribution in [0.4, 0.5) is 17.1 Å². The fourth-order valence-electron chi connectivity index (χ4n) is 11.9. The molecule has 25 heteroatoms. The number of hydrogen-bond acceptors (Lipinski definition) is 16. The second kappa shape index (κ2) is 33.0. The maximum Gasteiger partial charge on any atom is 0.258 e. The first-order valence-electron chi connectivity index (χ1n) is 32.5. The number of amides is 4. The molecule has 0 saturated heterocycles. The first kappa shape index (κ1) is 70.3. The molecule has 0 radical (unpaired) electrons. The number of carbonyl (C=O) groups excluding carboxylic acids is 4. The molecule has 4 amide bonds. The zero-order valence-electron chi connectivity index (χ0n) is 54.7. The third-order valence-electron chi connectivity index (χ3n) is 16.8. The number of sulfonamides is 1. The summed E-state index contributed by atoms with van der Waals surface area (Å²) in [6.45, 7) is 13.0. The third-order valence-corrected chi connectivity index (χ3v) is 19.2. The number of carbonyl (C=O) groups is 4. The Morgan fingerprint density at radius 1 is 0.711 bits per heavy atom. The Kier molecular flexibility index (Phi) is 23.9. The normalized spacial score (nSPS) is 13.2. The summed E-state index contributed by atoms with van der Waals surface area (Å²) < 4.78 is 95.4. The Hall–Kier alpha value is -9.47. The Labute approximate surface area is 564 Å². The largest absolute Gasteiger partial charge is 0.744 e. The number of nitrogens with one attached hydrogen (secondary N) is 4. The van der Waals surface area contributed by atoms with Crippen LogP contribution >= 0.6 is 0 Å². The topological polar surface area (TPSA) is 289 Å². The Morgan fingerprint density at radius 3 is 2.14 bits per heavy atom. The molecule has 1 atom stereocenters. The average molecular weight is 1360 g/mol. The van der Waals surface area contributed by atoms with Crippen molar-refractivity contribution in [1.29, 1.82) is 0 Å². The minimum absolute atomic E-state index is 0.0477. The van der Waals surface area contributed by atoms with Gasteiger partial charge in [0.25, 0.3) is 11.8 Å². The van der Waals surface area contributed by atoms with E-state index < -0.39 is 29.9 Å². The van der Waals surface area contributed by atoms with Crippen LogP contribution in [0.3, 0.4) is 0 Å². The maximum absolute atomic E-state index is 14.3. The molecule has 0 bridgehead atoms. The zero-order valence-corrected chi connectivity index (χ0v) is 56.3. The predicted octanol–water partition coefficient (Wildman–Crippen LogP) is 9.00. The molecule has 3 heterocycles. The van der Waals surface area contributed by atoms with Gasteiger partial charge in [-0.05, 0) is 124 Å². The molecule has 97 heavy (non-hydrogen) atoms. The van der Waals surface area contributed by atoms with E-state index in [0.717, 1.165) is 66.0 Å². The first-order chi connectivity index (χ1) is 47.0. The van der Waals surface area contributed by atoms with Crippen LogP contribution in [-0.2, 0) is 57.0 Å². The molecule has 7 aromatic rings. The SMILES string of the molecule is CCN(CC)c1ccc2c(-c3ccc(S(=O)(=O)[O-])cc3S(=O)(=O)NCCOCCOCCOCCn3cc(CNC(=O)CCC(=O)NC4CCCN(C(=O)c5ccc(NC(=O)c6ccccc6-c6ccccc6)cc5)c5ccccc54)nn3)c3ccc(=[N+](CC)CC)cc-3oc2c1. The lowest BCUT2D eigenvalue weighted by atomic mass is 9.93. The van der Waals surface area contributed by atoms with E-state index in [9.17, 15) is 40.6 Å². The van der Waals surface area contributed by atoms with Gasteiger partial charge in [-0.15, -0.1) is 5.10 Å². The monoisotopic (exact) mass is 1360 g/mol. The van der Waals surface area contributed by atoms with Crippen molar-refractivity contribution in [3.8, 4) is 33.6 Å². The second-order valence-corrected chi connectivity index (χ2v) is 26.1. The van der Waals surface area contributed by atoms with Gasteiger partial charge in [-0.1, -0.05) is 78.0 Å². The molecule has 23 nitrogen and oxygen atoms in total. The number of anilines is 3. The molecule has 508 valence electrons. The lowest BCUT2D eigenvalue weighted by Crippen LogP contribution is -2.32. The van der Waals surface area contributed by atoms with Crippen LogP contribution in [0, 0.1) is 0 Å². The van der Waals surface area contributed by atoms with E-state index in [1.165, 1.54) is 6.07 Å². The Morgan fingerprint density at radius 2 is 1.40 bits per heavy atom. The van der Waals surface area contributed by atoms with Crippen LogP contribution in [0.25, 0.3) is 44.5 Å². The van der Waals surface area contributed by atoms with Gasteiger partial charge < -0.3 is 48.9 Å². The highest BCUT2D eigenvalue weighted by molar-refractivity contribution is 7.89. The van der Waals surface area contributed by atoms with Gasteiger partial charge in [0.15, 0.2) is 0 Å². The number of fused-ring (bicyclic) bond motifs is 3. The average Bonchev–Trinajstić information content (AvgIpc) is 1.16. The number of benzene rings is 7. The number of ether oxygens (including phenoxy) is 3. The van der Waals surface area contributed by atoms with E-state index in [2.05, 4.69) is 40.5 Å². The van der Waals surface area contributed by atoms with Crippen LogP contribution in [0.2, 0.25) is 0 Å². The number of rotatable bonds is 31. The molecule has 0 spiro atoms. The molecular weight excluding hydrogens is 1280 g/mol. The van der Waals surface area contributed by atoms with Gasteiger partial charge in [0.1, 0.15) is 40.2 Å². The number of hydrogen-bond donors (Lipinski definition) is 4. The van der Waals surface area contributed by atoms with Gasteiger partial charge >= 0.3 is 0 Å². The van der Waals surface area contributed by atoms with Gasteiger partial charge in [0, 0.05) is 101 Å². The van der Waals surface area contributed by atoms with Gasteiger partial charge in [-0.25, -0.2) is 30.8 Å². The van der Waals surface area contributed by atoms with Gasteiger partial charge in [-0.3, -0.25) is 19.2 Å². The molecule has 1 aromatic heterocycles. The minimum atomic E-state index is -5.06. The standard InChI is InChI=1S/C72H80N10O13S2/c1-5-79(6-2)54-28-31-60-65(45-54)95-66-46-55(80(7-3)8-4)29-32-61(66)70(60)62-33-30-56(97(89,90)91)47-67(62)96(87,88)74-36-39-92-41-43-94-44-42-93-40-38-81-49-53(77-78-81)48-73-68(83)34-35-69(84)76-63-22-16-37-82(64-23-15-14-21-59(63)64)72(86)51-24-26-52(27-25-51)75-71(85)58-20-13-12-19-57(58)50-17-10-9-11-18-50/h9-15,17-21,23-33,45-47,49,63,74H,5-8,16,22,34-44,48H2,1-4H3,(H3-,73,75,76,83,84,85,86,89,90,91). The summed E-state index contributed by atoms with van der Waals surface area (Å²) in [7, 11) is -9.52. The summed E-state index contributed by atoms with van der Waals surface area (Å²) in [5.41, 5.74) is 7.89. The summed E-state index contributed by atoms with van der Waals surface area (Å²) in [6, 6.07) is 45.8. The quantitative estimate of drug-likeness (QED) is 0.0136. The van der Waals surface area contributed by atoms with E-state index >= 15 is 0 Å². The highest BCUT2D eigenvalue weighted by atomic mass is 32.2. The third kappa shape index (κ3) is 17.8.